The van der Waals surface area contributed by atoms with Gasteiger partial charge in [0, 0.05) is 25.3 Å². The molecule has 0 bridgehead atoms. The summed E-state index contributed by atoms with van der Waals surface area (Å²) >= 11 is 0. The summed E-state index contributed by atoms with van der Waals surface area (Å²) in [6.07, 6.45) is -3.76. The number of nitrogens with zero attached hydrogens (tertiary/aromatic N) is 2. The van der Waals surface area contributed by atoms with Gasteiger partial charge in [-0.3, -0.25) is 9.59 Å². The Labute approximate surface area is 138 Å². The van der Waals surface area contributed by atoms with Crippen molar-refractivity contribution in [1.82, 2.24) is 9.80 Å². The molecule has 1 aliphatic rings. The summed E-state index contributed by atoms with van der Waals surface area (Å²) in [5.74, 6) is -1.64. The molecule has 0 saturated carbocycles. The second-order valence-electron chi connectivity index (χ2n) is 5.88. The van der Waals surface area contributed by atoms with Crippen LogP contribution in [-0.4, -0.2) is 54.8 Å². The molecule has 24 heavy (non-hydrogen) atoms. The van der Waals surface area contributed by atoms with E-state index in [1.165, 1.54) is 24.0 Å². The maximum atomic E-state index is 12.9. The van der Waals surface area contributed by atoms with E-state index in [-0.39, 0.29) is 11.3 Å². The molecule has 1 aromatic carbocycles. The number of carbonyl (C=O) groups excluding carboxylic acids is 2. The first-order valence-electron chi connectivity index (χ1n) is 7.65. The van der Waals surface area contributed by atoms with Crippen LogP contribution in [0.15, 0.2) is 18.2 Å². The quantitative estimate of drug-likeness (QED) is 0.795. The Kier molecular flexibility index (Phi) is 5.48. The van der Waals surface area contributed by atoms with E-state index in [0.29, 0.717) is 19.6 Å². The van der Waals surface area contributed by atoms with Gasteiger partial charge in [0.05, 0.1) is 5.56 Å². The molecule has 8 heteroatoms. The van der Waals surface area contributed by atoms with Gasteiger partial charge < -0.3 is 15.1 Å². The Morgan fingerprint density at radius 3 is 2.50 bits per heavy atom. The largest absolute Gasteiger partial charge is 0.416 e. The van der Waals surface area contributed by atoms with E-state index >= 15 is 0 Å². The third-order valence-electron chi connectivity index (χ3n) is 4.09. The lowest BCUT2D eigenvalue weighted by atomic mass is 10.1. The minimum absolute atomic E-state index is 0.00452. The van der Waals surface area contributed by atoms with Crippen LogP contribution in [0, 0.1) is 6.92 Å². The van der Waals surface area contributed by atoms with Gasteiger partial charge in [-0.15, -0.1) is 0 Å². The summed E-state index contributed by atoms with van der Waals surface area (Å²) in [6, 6.07) is 3.50. The van der Waals surface area contributed by atoms with E-state index in [1.807, 2.05) is 7.05 Å². The van der Waals surface area contributed by atoms with Gasteiger partial charge in [-0.1, -0.05) is 6.07 Å². The van der Waals surface area contributed by atoms with Gasteiger partial charge in [0.1, 0.15) is 0 Å². The second-order valence-corrected chi connectivity index (χ2v) is 5.88. The number of alkyl halides is 3. The van der Waals surface area contributed by atoms with Crippen LogP contribution in [0.1, 0.15) is 17.5 Å². The predicted octanol–water partition coefficient (Wildman–Crippen LogP) is 2.12. The van der Waals surface area contributed by atoms with Gasteiger partial charge in [-0.25, -0.2) is 0 Å². The summed E-state index contributed by atoms with van der Waals surface area (Å²) < 4.78 is 38.7. The smallest absolute Gasteiger partial charge is 0.333 e. The molecule has 0 atom stereocenters. The van der Waals surface area contributed by atoms with E-state index in [0.717, 1.165) is 19.0 Å². The highest BCUT2D eigenvalue weighted by atomic mass is 19.4. The van der Waals surface area contributed by atoms with Gasteiger partial charge in [-0.2, -0.15) is 13.2 Å². The van der Waals surface area contributed by atoms with Gasteiger partial charge in [-0.05, 0) is 44.6 Å². The first-order chi connectivity index (χ1) is 11.2. The molecule has 1 aromatic rings. The van der Waals surface area contributed by atoms with Crippen molar-refractivity contribution in [2.45, 2.75) is 19.5 Å². The van der Waals surface area contributed by atoms with Crippen LogP contribution in [0.4, 0.5) is 18.9 Å². The number of hydrogen-bond acceptors (Lipinski definition) is 3. The Morgan fingerprint density at radius 1 is 1.12 bits per heavy atom. The van der Waals surface area contributed by atoms with Crippen molar-refractivity contribution in [2.24, 2.45) is 0 Å². The zero-order chi connectivity index (χ0) is 17.9. The average molecular weight is 343 g/mol. The maximum absolute atomic E-state index is 12.9. The molecule has 5 nitrogen and oxygen atoms in total. The summed E-state index contributed by atoms with van der Waals surface area (Å²) in [6.45, 7) is 3.63. The van der Waals surface area contributed by atoms with Crippen molar-refractivity contribution in [2.75, 3.05) is 38.5 Å². The summed E-state index contributed by atoms with van der Waals surface area (Å²) in [5, 5.41) is 2.31. The zero-order valence-corrected chi connectivity index (χ0v) is 13.6. The van der Waals surface area contributed by atoms with Gasteiger partial charge in [0.15, 0.2) is 0 Å². The third-order valence-corrected chi connectivity index (χ3v) is 4.09. The van der Waals surface area contributed by atoms with E-state index in [2.05, 4.69) is 10.2 Å². The lowest BCUT2D eigenvalue weighted by Crippen LogP contribution is -2.41. The molecule has 2 amide bonds. The van der Waals surface area contributed by atoms with Crippen LogP contribution in [0.3, 0.4) is 0 Å². The van der Waals surface area contributed by atoms with Crippen LogP contribution in [0.5, 0.6) is 0 Å². The number of amides is 2. The molecular weight excluding hydrogens is 323 g/mol. The highest BCUT2D eigenvalue weighted by Gasteiger charge is 2.33. The van der Waals surface area contributed by atoms with E-state index in [4.69, 9.17) is 0 Å². The SMILES string of the molecule is Cc1c(NC(=O)C(=O)N2CCCN(C)CC2)cccc1C(F)(F)F. The third kappa shape index (κ3) is 4.25. The monoisotopic (exact) mass is 343 g/mol. The van der Waals surface area contributed by atoms with Gasteiger partial charge in [0.25, 0.3) is 0 Å². The Hall–Kier alpha value is -2.09. The summed E-state index contributed by atoms with van der Waals surface area (Å²) in [7, 11) is 1.93. The van der Waals surface area contributed by atoms with E-state index in [1.54, 1.807) is 0 Å². The number of hydrogen-bond donors (Lipinski definition) is 1. The summed E-state index contributed by atoms with van der Waals surface area (Å²) in [5.41, 5.74) is -0.944. The Balaban J connectivity index is 2.11. The predicted molar refractivity (Wildman–Crippen MR) is 83.5 cm³/mol. The number of rotatable bonds is 1. The van der Waals surface area contributed by atoms with Crippen molar-refractivity contribution in [1.29, 1.82) is 0 Å². The topological polar surface area (TPSA) is 52.7 Å². The van der Waals surface area contributed by atoms with Crippen LogP contribution >= 0.6 is 0 Å². The molecule has 0 aromatic heterocycles. The summed E-state index contributed by atoms with van der Waals surface area (Å²) in [4.78, 5) is 27.8. The number of anilines is 1. The van der Waals surface area contributed by atoms with E-state index < -0.39 is 23.6 Å². The lowest BCUT2D eigenvalue weighted by Gasteiger charge is -2.20. The molecule has 1 saturated heterocycles. The standard InChI is InChI=1S/C16H20F3N3O2/c1-11-12(16(17,18)19)5-3-6-13(11)20-14(23)15(24)22-8-4-7-21(2)9-10-22/h3,5-6H,4,7-10H2,1-2H3,(H,20,23). The van der Waals surface area contributed by atoms with Crippen LogP contribution < -0.4 is 5.32 Å². The van der Waals surface area contributed by atoms with Crippen molar-refractivity contribution >= 4 is 17.5 Å². The number of nitrogens with one attached hydrogen (secondary N) is 1. The van der Waals surface area contributed by atoms with Crippen molar-refractivity contribution in [3.8, 4) is 0 Å². The molecule has 1 heterocycles. The van der Waals surface area contributed by atoms with Crippen LogP contribution in [-0.2, 0) is 15.8 Å². The van der Waals surface area contributed by atoms with Gasteiger partial charge in [0.2, 0.25) is 0 Å². The number of halogens is 3. The average Bonchev–Trinajstić information content (AvgIpc) is 2.72. The van der Waals surface area contributed by atoms with Crippen molar-refractivity contribution < 1.29 is 22.8 Å². The number of benzene rings is 1. The van der Waals surface area contributed by atoms with Gasteiger partial charge >= 0.3 is 18.0 Å². The molecule has 1 N–H and O–H groups in total. The minimum atomic E-state index is -4.51. The molecule has 1 fully saturated rings. The fourth-order valence-corrected chi connectivity index (χ4v) is 2.65. The zero-order valence-electron chi connectivity index (χ0n) is 13.6. The first-order valence-corrected chi connectivity index (χ1v) is 7.65. The minimum Gasteiger partial charge on any atom is -0.333 e. The molecule has 1 aliphatic heterocycles. The highest BCUT2D eigenvalue weighted by molar-refractivity contribution is 6.39. The van der Waals surface area contributed by atoms with Crippen LogP contribution in [0.2, 0.25) is 0 Å². The first kappa shape index (κ1) is 18.3. The fraction of sp³-hybridized carbons (Fsp3) is 0.500. The number of carbonyl (C=O) groups is 2. The number of likely N-dealkylation sites (N-methyl/N-ethyl adjacent to an activating group) is 1. The fourth-order valence-electron chi connectivity index (χ4n) is 2.65. The maximum Gasteiger partial charge on any atom is 0.416 e. The van der Waals surface area contributed by atoms with E-state index in [9.17, 15) is 22.8 Å². The molecule has 0 radical (unpaired) electrons. The van der Waals surface area contributed by atoms with Crippen molar-refractivity contribution in [3.05, 3.63) is 29.3 Å². The second kappa shape index (κ2) is 7.21. The lowest BCUT2D eigenvalue weighted by molar-refractivity contribution is -0.143. The molecular formula is C16H20F3N3O2. The molecule has 0 spiro atoms. The molecule has 0 aliphatic carbocycles. The molecule has 2 rings (SSSR count). The highest BCUT2D eigenvalue weighted by Crippen LogP contribution is 2.34. The Bertz CT molecular complexity index is 631. The molecule has 0 unspecified atom stereocenters. The molecule has 132 valence electrons. The van der Waals surface area contributed by atoms with Crippen molar-refractivity contribution in [3.63, 3.8) is 0 Å². The normalized spacial score (nSPS) is 16.6. The Morgan fingerprint density at radius 2 is 1.83 bits per heavy atom. The van der Waals surface area contributed by atoms with Crippen LogP contribution in [0.25, 0.3) is 0 Å².